The van der Waals surface area contributed by atoms with Crippen LogP contribution in [0.1, 0.15) is 111 Å². The minimum absolute atomic E-state index is 0.0396. The molecule has 5 aliphatic heterocycles. The van der Waals surface area contributed by atoms with Crippen LogP contribution in [-0.2, 0) is 23.7 Å². The number of esters is 1. The Hall–Kier alpha value is -4.74. The van der Waals surface area contributed by atoms with Crippen molar-refractivity contribution in [3.05, 3.63) is 82.0 Å². The van der Waals surface area contributed by atoms with Crippen LogP contribution < -0.4 is 18.9 Å². The molecular weight excluding hydrogens is 817 g/mol. The molecule has 0 saturated carbocycles. The molecule has 10 atom stereocenters. The average molecular weight is 879 g/mol. The second-order valence-electron chi connectivity index (χ2n) is 17.6. The molecule has 2 fully saturated rings. The molecule has 0 aromatic heterocycles. The summed E-state index contributed by atoms with van der Waals surface area (Å²) in [6, 6.07) is 3.46. The number of aliphatic hydroxyl groups excluding tert-OH is 3. The molecule has 2 aromatic rings. The van der Waals surface area contributed by atoms with E-state index in [-0.39, 0.29) is 37.1 Å². The first-order valence-electron chi connectivity index (χ1n) is 21.4. The van der Waals surface area contributed by atoms with Crippen LogP contribution in [0.4, 0.5) is 0 Å². The van der Waals surface area contributed by atoms with Gasteiger partial charge in [0.15, 0.2) is 34.6 Å². The van der Waals surface area contributed by atoms with Gasteiger partial charge in [-0.05, 0) is 97.4 Å². The Morgan fingerprint density at radius 3 is 2.21 bits per heavy atom. The first-order valence-corrected chi connectivity index (χ1v) is 21.4. The molecule has 2 unspecified atom stereocenters. The molecule has 4 N–H and O–H groups in total. The smallest absolute Gasteiger partial charge is 0.339 e. The van der Waals surface area contributed by atoms with Crippen LogP contribution in [0.25, 0.3) is 12.2 Å². The number of hydrogen-bond acceptors (Lipinski definition) is 14. The van der Waals surface area contributed by atoms with E-state index in [0.717, 1.165) is 5.56 Å². The number of cyclic esters (lactones) is 1. The highest BCUT2D eigenvalue weighted by Gasteiger charge is 2.45. The van der Waals surface area contributed by atoms with E-state index in [9.17, 15) is 30.0 Å². The van der Waals surface area contributed by atoms with Crippen molar-refractivity contribution in [1.29, 1.82) is 0 Å². The van der Waals surface area contributed by atoms with Crippen molar-refractivity contribution in [2.75, 3.05) is 13.6 Å². The van der Waals surface area contributed by atoms with Gasteiger partial charge < -0.3 is 63.1 Å². The SMILES string of the molecule is Cc1cc2c(c(/C=C/C[C@@H]3OC(C)(C)O[C@@H]3C(O)/C=C\[C@@H](C)[C@H](C)O)c1C(=O)O)OCO2.Cc1cc2c(c3c1C(=O)O[C@@H](C)[C@H](C)/C=C\C(O)[C@H]1OC(C)(C)O[C@H]1CC=C3)OCO2. The summed E-state index contributed by atoms with van der Waals surface area (Å²) >= 11 is 0. The van der Waals surface area contributed by atoms with Crippen molar-refractivity contribution in [1.82, 2.24) is 0 Å². The largest absolute Gasteiger partial charge is 0.478 e. The van der Waals surface area contributed by atoms with Gasteiger partial charge in [0.25, 0.3) is 0 Å². The van der Waals surface area contributed by atoms with Crippen molar-refractivity contribution in [3.63, 3.8) is 0 Å². The summed E-state index contributed by atoms with van der Waals surface area (Å²) in [7, 11) is 0. The molecule has 15 heteroatoms. The lowest BCUT2D eigenvalue weighted by atomic mass is 9.97. The van der Waals surface area contributed by atoms with Gasteiger partial charge in [0.2, 0.25) is 13.6 Å². The fourth-order valence-electron chi connectivity index (χ4n) is 8.03. The number of benzene rings is 2. The van der Waals surface area contributed by atoms with E-state index >= 15 is 0 Å². The quantitative estimate of drug-likeness (QED) is 0.156. The maximum Gasteiger partial charge on any atom is 0.339 e. The summed E-state index contributed by atoms with van der Waals surface area (Å²) < 4.78 is 51.8. The molecule has 0 bridgehead atoms. The van der Waals surface area contributed by atoms with Crippen molar-refractivity contribution in [2.45, 2.75) is 142 Å². The van der Waals surface area contributed by atoms with Crippen molar-refractivity contribution >= 4 is 24.1 Å². The minimum Gasteiger partial charge on any atom is -0.478 e. The highest BCUT2D eigenvalue weighted by atomic mass is 16.8. The van der Waals surface area contributed by atoms with Gasteiger partial charge in [-0.3, -0.25) is 0 Å². The predicted molar refractivity (Wildman–Crippen MR) is 232 cm³/mol. The molecule has 0 aliphatic carbocycles. The van der Waals surface area contributed by atoms with E-state index in [2.05, 4.69) is 0 Å². The van der Waals surface area contributed by atoms with Gasteiger partial charge in [0.1, 0.15) is 30.5 Å². The molecule has 0 amide bonds. The van der Waals surface area contributed by atoms with Crippen molar-refractivity contribution in [3.8, 4) is 23.0 Å². The van der Waals surface area contributed by atoms with E-state index in [4.69, 9.17) is 42.6 Å². The Balaban J connectivity index is 0.000000210. The highest BCUT2D eigenvalue weighted by Crippen LogP contribution is 2.43. The van der Waals surface area contributed by atoms with Crippen LogP contribution in [0.5, 0.6) is 23.0 Å². The second-order valence-corrected chi connectivity index (χ2v) is 17.6. The monoisotopic (exact) mass is 878 g/mol. The van der Waals surface area contributed by atoms with E-state index < -0.39 is 66.2 Å². The van der Waals surface area contributed by atoms with Crippen LogP contribution >= 0.6 is 0 Å². The lowest BCUT2D eigenvalue weighted by Crippen LogP contribution is -2.34. The number of aromatic carboxylic acids is 1. The maximum absolute atomic E-state index is 13.1. The molecule has 0 spiro atoms. The minimum atomic E-state index is -1.05. The topological polar surface area (TPSA) is 198 Å². The van der Waals surface area contributed by atoms with Crippen LogP contribution in [0.15, 0.2) is 48.6 Å². The summed E-state index contributed by atoms with van der Waals surface area (Å²) in [4.78, 5) is 24.9. The Kier molecular flexibility index (Phi) is 14.8. The van der Waals surface area contributed by atoms with Crippen LogP contribution in [0, 0.1) is 25.7 Å². The maximum atomic E-state index is 13.1. The van der Waals surface area contributed by atoms with Crippen molar-refractivity contribution in [2.24, 2.45) is 11.8 Å². The van der Waals surface area contributed by atoms with Gasteiger partial charge in [0, 0.05) is 17.0 Å². The summed E-state index contributed by atoms with van der Waals surface area (Å²) in [5.41, 5.74) is 3.01. The van der Waals surface area contributed by atoms with E-state index in [1.807, 2.05) is 59.8 Å². The van der Waals surface area contributed by atoms with Crippen molar-refractivity contribution < 1.29 is 72.6 Å². The third-order valence-electron chi connectivity index (χ3n) is 11.7. The number of aliphatic hydroxyl groups is 3. The normalized spacial score (nSPS) is 29.0. The molecule has 2 saturated heterocycles. The number of aryl methyl sites for hydroxylation is 2. The zero-order chi connectivity index (χ0) is 46.0. The summed E-state index contributed by atoms with van der Waals surface area (Å²) in [5.74, 6) is -1.30. The second kappa shape index (κ2) is 19.6. The van der Waals surface area contributed by atoms with E-state index in [1.54, 1.807) is 70.2 Å². The number of carbonyl (C=O) groups is 2. The van der Waals surface area contributed by atoms with Gasteiger partial charge in [-0.2, -0.15) is 0 Å². The first-order chi connectivity index (χ1) is 29.7. The highest BCUT2D eigenvalue weighted by molar-refractivity contribution is 5.98. The fourth-order valence-corrected chi connectivity index (χ4v) is 8.03. The number of hydrogen-bond donors (Lipinski definition) is 4. The number of carbonyl (C=O) groups excluding carboxylic acids is 1. The molecule has 5 heterocycles. The molecule has 2 aromatic carbocycles. The third kappa shape index (κ3) is 11.1. The van der Waals surface area contributed by atoms with Crippen LogP contribution in [0.3, 0.4) is 0 Å². The Bertz CT molecular complexity index is 2120. The molecule has 0 radical (unpaired) electrons. The fraction of sp³-hybridized carbons (Fsp3) is 0.542. The van der Waals surface area contributed by atoms with Crippen LogP contribution in [0.2, 0.25) is 0 Å². The van der Waals surface area contributed by atoms with Gasteiger partial charge in [0.05, 0.1) is 29.4 Å². The average Bonchev–Trinajstić information content (AvgIpc) is 4.00. The summed E-state index contributed by atoms with van der Waals surface area (Å²) in [6.07, 6.45) is 10.4. The molecule has 5 aliphatic rings. The molecule has 63 heavy (non-hydrogen) atoms. The van der Waals surface area contributed by atoms with Gasteiger partial charge in [-0.1, -0.05) is 62.5 Å². The number of rotatable bonds is 8. The van der Waals surface area contributed by atoms with Gasteiger partial charge >= 0.3 is 11.9 Å². The van der Waals surface area contributed by atoms with Gasteiger partial charge in [-0.15, -0.1) is 0 Å². The predicted octanol–water partition coefficient (Wildman–Crippen LogP) is 7.04. The third-order valence-corrected chi connectivity index (χ3v) is 11.7. The molecule has 344 valence electrons. The summed E-state index contributed by atoms with van der Waals surface area (Å²) in [5, 5.41) is 40.7. The summed E-state index contributed by atoms with van der Waals surface area (Å²) in [6.45, 7) is 18.3. The molecule has 15 nitrogen and oxygen atoms in total. The van der Waals surface area contributed by atoms with Gasteiger partial charge in [-0.25, -0.2) is 9.59 Å². The first kappa shape index (κ1) is 47.7. The number of ether oxygens (including phenoxy) is 9. The number of carboxylic acid groups (broad SMARTS) is 1. The Morgan fingerprint density at radius 2 is 1.52 bits per heavy atom. The number of fused-ring (bicyclic) bond motifs is 5. The number of carboxylic acids is 1. The zero-order valence-electron chi connectivity index (χ0n) is 37.7. The van der Waals surface area contributed by atoms with E-state index in [0.29, 0.717) is 58.1 Å². The lowest BCUT2D eigenvalue weighted by Gasteiger charge is -2.22. The standard InChI is InChI=1S/C24H32O8.C24H30O7/c1-13(15(3)25)9-10-17(26)22-18(31-24(4,5)32-22)8-6-7-16-20(23(27)28)14(2)11-19-21(16)30-12-29-19;1-13-9-10-17(25)22-18(30-24(4,5)31-22)8-6-7-16-20(23(26)29-15(13)3)14(2)11-19-21(16)28-12-27-19/h6-7,9-11,13,15,17-18,22,25-26H,8,12H2,1-5H3,(H,27,28);6-7,9-11,13,15,17-18,22,25H,8,12H2,1-5H3/b7-6+,10-9-;7-6?,10-9-/t2*13-,15+,17?,18+,22-/m11/s1. The van der Waals surface area contributed by atoms with Crippen LogP contribution in [-0.4, -0.2) is 106 Å². The lowest BCUT2D eigenvalue weighted by molar-refractivity contribution is -0.152. The Labute approximate surface area is 368 Å². The molecule has 7 rings (SSSR count). The zero-order valence-corrected chi connectivity index (χ0v) is 37.7. The Morgan fingerprint density at radius 1 is 0.873 bits per heavy atom. The molecular formula is C48H62O15. The van der Waals surface area contributed by atoms with E-state index in [1.165, 1.54) is 0 Å².